The van der Waals surface area contributed by atoms with E-state index in [2.05, 4.69) is 20.6 Å². The predicted molar refractivity (Wildman–Crippen MR) is 97.4 cm³/mol. The van der Waals surface area contributed by atoms with Gasteiger partial charge in [0, 0.05) is 18.1 Å². The van der Waals surface area contributed by atoms with Crippen molar-refractivity contribution >= 4 is 29.0 Å². The molecule has 0 fully saturated rings. The van der Waals surface area contributed by atoms with Gasteiger partial charge >= 0.3 is 6.03 Å². The van der Waals surface area contributed by atoms with Crippen molar-refractivity contribution < 1.29 is 9.53 Å². The van der Waals surface area contributed by atoms with E-state index in [9.17, 15) is 4.79 Å². The van der Waals surface area contributed by atoms with Crippen molar-refractivity contribution in [3.05, 3.63) is 71.8 Å². The number of amides is 2. The molecule has 2 aromatic heterocycles. The molecule has 7 heteroatoms. The van der Waals surface area contributed by atoms with Gasteiger partial charge in [0.25, 0.3) is 0 Å². The summed E-state index contributed by atoms with van der Waals surface area (Å²) in [5.74, 6) is 1.34. The molecule has 0 saturated heterocycles. The van der Waals surface area contributed by atoms with Gasteiger partial charge in [-0.1, -0.05) is 11.6 Å². The van der Waals surface area contributed by atoms with Gasteiger partial charge in [0.2, 0.25) is 0 Å². The second-order valence-electron chi connectivity index (χ2n) is 5.19. The SMILES string of the molecule is Cc1cc(NC(=O)Nc2cccnc2Cl)ccc1Oc1cccnc1. The van der Waals surface area contributed by atoms with Gasteiger partial charge in [-0.25, -0.2) is 9.78 Å². The summed E-state index contributed by atoms with van der Waals surface area (Å²) in [7, 11) is 0. The van der Waals surface area contributed by atoms with E-state index < -0.39 is 6.03 Å². The number of pyridine rings is 2. The van der Waals surface area contributed by atoms with Crippen molar-refractivity contribution in [1.29, 1.82) is 0 Å². The van der Waals surface area contributed by atoms with Crippen LogP contribution in [0.4, 0.5) is 16.2 Å². The van der Waals surface area contributed by atoms with Gasteiger partial charge < -0.3 is 15.4 Å². The Labute approximate surface area is 149 Å². The van der Waals surface area contributed by atoms with Crippen LogP contribution in [0.1, 0.15) is 5.56 Å². The molecule has 0 aliphatic heterocycles. The van der Waals surface area contributed by atoms with E-state index in [0.717, 1.165) is 5.56 Å². The van der Waals surface area contributed by atoms with Gasteiger partial charge in [0.05, 0.1) is 11.9 Å². The molecule has 6 nitrogen and oxygen atoms in total. The number of ether oxygens (including phenoxy) is 1. The first-order valence-corrected chi connectivity index (χ1v) is 7.86. The lowest BCUT2D eigenvalue weighted by atomic mass is 10.2. The number of rotatable bonds is 4. The number of hydrogen-bond acceptors (Lipinski definition) is 4. The Morgan fingerprint density at radius 1 is 1.12 bits per heavy atom. The fourth-order valence-corrected chi connectivity index (χ4v) is 2.31. The minimum Gasteiger partial charge on any atom is -0.455 e. The molecular weight excluding hydrogens is 340 g/mol. The molecule has 0 saturated carbocycles. The number of nitrogens with one attached hydrogen (secondary N) is 2. The zero-order valence-electron chi connectivity index (χ0n) is 13.4. The first-order valence-electron chi connectivity index (χ1n) is 7.49. The van der Waals surface area contributed by atoms with Crippen LogP contribution in [0, 0.1) is 6.92 Å². The number of carbonyl (C=O) groups excluding carboxylic acids is 1. The molecule has 0 aliphatic carbocycles. The van der Waals surface area contributed by atoms with Gasteiger partial charge in [-0.15, -0.1) is 0 Å². The van der Waals surface area contributed by atoms with Crippen molar-refractivity contribution in [3.8, 4) is 11.5 Å². The quantitative estimate of drug-likeness (QED) is 0.655. The van der Waals surface area contributed by atoms with Gasteiger partial charge in [0.15, 0.2) is 5.15 Å². The van der Waals surface area contributed by atoms with Crippen LogP contribution < -0.4 is 15.4 Å². The molecule has 3 aromatic rings. The fraction of sp³-hybridized carbons (Fsp3) is 0.0556. The molecule has 2 amide bonds. The lowest BCUT2D eigenvalue weighted by Crippen LogP contribution is -2.19. The van der Waals surface area contributed by atoms with Crippen LogP contribution >= 0.6 is 11.6 Å². The lowest BCUT2D eigenvalue weighted by molar-refractivity contribution is 0.262. The second kappa shape index (κ2) is 7.63. The minimum atomic E-state index is -0.407. The van der Waals surface area contributed by atoms with E-state index in [-0.39, 0.29) is 5.15 Å². The van der Waals surface area contributed by atoms with Crippen LogP contribution in [0.3, 0.4) is 0 Å². The molecule has 0 atom stereocenters. The van der Waals surface area contributed by atoms with Crippen LogP contribution in [0.2, 0.25) is 5.15 Å². The predicted octanol–water partition coefficient (Wildman–Crippen LogP) is 4.87. The zero-order valence-corrected chi connectivity index (χ0v) is 14.1. The molecule has 126 valence electrons. The molecule has 3 rings (SSSR count). The van der Waals surface area contributed by atoms with Crippen LogP contribution in [-0.2, 0) is 0 Å². The Morgan fingerprint density at radius 3 is 2.68 bits per heavy atom. The van der Waals surface area contributed by atoms with Gasteiger partial charge in [-0.3, -0.25) is 4.98 Å². The monoisotopic (exact) mass is 354 g/mol. The van der Waals surface area contributed by atoms with Gasteiger partial charge in [-0.05, 0) is 55.0 Å². The maximum atomic E-state index is 12.1. The zero-order chi connectivity index (χ0) is 17.6. The topological polar surface area (TPSA) is 76.1 Å². The van der Waals surface area contributed by atoms with Crippen LogP contribution in [0.15, 0.2) is 61.1 Å². The second-order valence-corrected chi connectivity index (χ2v) is 5.55. The number of carbonyl (C=O) groups is 1. The highest BCUT2D eigenvalue weighted by Crippen LogP contribution is 2.27. The van der Waals surface area contributed by atoms with Crippen LogP contribution in [-0.4, -0.2) is 16.0 Å². The molecule has 0 radical (unpaired) electrons. The Morgan fingerprint density at radius 2 is 1.96 bits per heavy atom. The molecule has 0 unspecified atom stereocenters. The van der Waals surface area contributed by atoms with E-state index in [1.165, 1.54) is 0 Å². The number of aryl methyl sites for hydroxylation is 1. The molecule has 1 aromatic carbocycles. The summed E-state index contributed by atoms with van der Waals surface area (Å²) < 4.78 is 5.76. The third-order valence-electron chi connectivity index (χ3n) is 3.30. The van der Waals surface area contributed by atoms with E-state index in [1.54, 1.807) is 48.9 Å². The summed E-state index contributed by atoms with van der Waals surface area (Å²) in [6.45, 7) is 1.90. The van der Waals surface area contributed by atoms with Crippen molar-refractivity contribution in [1.82, 2.24) is 9.97 Å². The summed E-state index contributed by atoms with van der Waals surface area (Å²) in [5.41, 5.74) is 1.95. The highest BCUT2D eigenvalue weighted by atomic mass is 35.5. The first-order chi connectivity index (χ1) is 12.1. The summed E-state index contributed by atoms with van der Waals surface area (Å²) in [5, 5.41) is 5.62. The van der Waals surface area contributed by atoms with E-state index in [1.807, 2.05) is 19.1 Å². The highest BCUT2D eigenvalue weighted by Gasteiger charge is 2.08. The number of nitrogens with zero attached hydrogens (tertiary/aromatic N) is 2. The number of benzene rings is 1. The number of halogens is 1. The highest BCUT2D eigenvalue weighted by molar-refractivity contribution is 6.32. The van der Waals surface area contributed by atoms with E-state index in [4.69, 9.17) is 16.3 Å². The minimum absolute atomic E-state index is 0.231. The van der Waals surface area contributed by atoms with Crippen LogP contribution in [0.25, 0.3) is 0 Å². The lowest BCUT2D eigenvalue weighted by Gasteiger charge is -2.12. The molecule has 2 N–H and O–H groups in total. The average molecular weight is 355 g/mol. The summed E-state index contributed by atoms with van der Waals surface area (Å²) in [6, 6.07) is 11.9. The Kier molecular flexibility index (Phi) is 5.11. The summed E-state index contributed by atoms with van der Waals surface area (Å²) in [4.78, 5) is 20.0. The number of aromatic nitrogens is 2. The maximum absolute atomic E-state index is 12.1. The fourth-order valence-electron chi connectivity index (χ4n) is 2.14. The van der Waals surface area contributed by atoms with Crippen molar-refractivity contribution in [2.75, 3.05) is 10.6 Å². The summed E-state index contributed by atoms with van der Waals surface area (Å²) in [6.07, 6.45) is 4.87. The Bertz CT molecular complexity index is 887. The average Bonchev–Trinajstić information content (AvgIpc) is 2.60. The standard InChI is InChI=1S/C18H15ClN4O2/c1-12-10-13(6-7-16(12)25-14-4-2-8-20-11-14)22-18(24)23-15-5-3-9-21-17(15)19/h2-11H,1H3,(H2,22,23,24). The van der Waals surface area contributed by atoms with Crippen molar-refractivity contribution in [2.24, 2.45) is 0 Å². The number of hydrogen-bond donors (Lipinski definition) is 2. The van der Waals surface area contributed by atoms with Crippen molar-refractivity contribution in [2.45, 2.75) is 6.92 Å². The van der Waals surface area contributed by atoms with Gasteiger partial charge in [-0.2, -0.15) is 0 Å². The number of urea groups is 1. The van der Waals surface area contributed by atoms with E-state index in [0.29, 0.717) is 22.9 Å². The largest absolute Gasteiger partial charge is 0.455 e. The first kappa shape index (κ1) is 16.7. The molecule has 0 bridgehead atoms. The molecule has 25 heavy (non-hydrogen) atoms. The Hall–Kier alpha value is -3.12. The van der Waals surface area contributed by atoms with E-state index >= 15 is 0 Å². The normalized spacial score (nSPS) is 10.2. The molecule has 0 aliphatic rings. The third-order valence-corrected chi connectivity index (χ3v) is 3.60. The summed E-state index contributed by atoms with van der Waals surface area (Å²) >= 11 is 5.92. The molecule has 0 spiro atoms. The molecule has 2 heterocycles. The van der Waals surface area contributed by atoms with Gasteiger partial charge in [0.1, 0.15) is 11.5 Å². The maximum Gasteiger partial charge on any atom is 0.323 e. The third kappa shape index (κ3) is 4.45. The van der Waals surface area contributed by atoms with Crippen molar-refractivity contribution in [3.63, 3.8) is 0 Å². The molecular formula is C18H15ClN4O2. The smallest absolute Gasteiger partial charge is 0.323 e. The van der Waals surface area contributed by atoms with Crippen LogP contribution in [0.5, 0.6) is 11.5 Å². The Balaban J connectivity index is 1.66. The number of anilines is 2.